The number of aliphatic hydroxyl groups is 1. The minimum atomic E-state index is -0.351. The van der Waals surface area contributed by atoms with Gasteiger partial charge in [0.25, 0.3) is 0 Å². The third kappa shape index (κ3) is 2.45. The third-order valence-corrected chi connectivity index (χ3v) is 3.20. The summed E-state index contributed by atoms with van der Waals surface area (Å²) in [5.74, 6) is 0.625. The first-order chi connectivity index (χ1) is 7.76. The SMILES string of the molecule is OCC1(Nc2ncccc2Cl)CCOCC1. The van der Waals surface area contributed by atoms with Crippen molar-refractivity contribution in [1.82, 2.24) is 4.98 Å². The Morgan fingerprint density at radius 2 is 2.25 bits per heavy atom. The van der Waals surface area contributed by atoms with Gasteiger partial charge in [0, 0.05) is 19.4 Å². The number of hydrogen-bond acceptors (Lipinski definition) is 4. The van der Waals surface area contributed by atoms with Crippen molar-refractivity contribution >= 4 is 17.4 Å². The number of nitrogens with zero attached hydrogens (tertiary/aromatic N) is 1. The summed E-state index contributed by atoms with van der Waals surface area (Å²) in [5.41, 5.74) is -0.351. The van der Waals surface area contributed by atoms with E-state index in [0.717, 1.165) is 12.8 Å². The molecule has 2 N–H and O–H groups in total. The molecule has 2 heterocycles. The molecule has 0 spiro atoms. The fourth-order valence-corrected chi connectivity index (χ4v) is 1.98. The first kappa shape index (κ1) is 11.6. The standard InChI is InChI=1S/C11H15ClN2O2/c12-9-2-1-5-13-10(9)14-11(8-15)3-6-16-7-4-11/h1-2,5,15H,3-4,6-8H2,(H,13,14). The highest BCUT2D eigenvalue weighted by Crippen LogP contribution is 2.28. The number of ether oxygens (including phenoxy) is 1. The lowest BCUT2D eigenvalue weighted by molar-refractivity contribution is 0.0378. The number of rotatable bonds is 3. The fourth-order valence-electron chi connectivity index (χ4n) is 1.81. The highest BCUT2D eigenvalue weighted by atomic mass is 35.5. The molecular weight excluding hydrogens is 228 g/mol. The predicted molar refractivity (Wildman–Crippen MR) is 62.7 cm³/mol. The van der Waals surface area contributed by atoms with Gasteiger partial charge in [0.15, 0.2) is 0 Å². The molecule has 1 aromatic rings. The molecule has 4 nitrogen and oxygen atoms in total. The maximum atomic E-state index is 9.50. The lowest BCUT2D eigenvalue weighted by atomic mass is 9.91. The molecule has 0 aliphatic carbocycles. The van der Waals surface area contributed by atoms with E-state index in [1.807, 2.05) is 0 Å². The van der Waals surface area contributed by atoms with Crippen LogP contribution in [0.4, 0.5) is 5.82 Å². The minimum Gasteiger partial charge on any atom is -0.394 e. The topological polar surface area (TPSA) is 54.4 Å². The van der Waals surface area contributed by atoms with Crippen LogP contribution in [0.25, 0.3) is 0 Å². The van der Waals surface area contributed by atoms with Crippen molar-refractivity contribution in [3.8, 4) is 0 Å². The summed E-state index contributed by atoms with van der Waals surface area (Å²) in [6, 6.07) is 3.56. The van der Waals surface area contributed by atoms with Crippen molar-refractivity contribution in [1.29, 1.82) is 0 Å². The number of aromatic nitrogens is 1. The number of anilines is 1. The Hall–Kier alpha value is -0.840. The summed E-state index contributed by atoms with van der Waals surface area (Å²) in [5, 5.41) is 13.3. The Bertz CT molecular complexity index is 354. The average molecular weight is 243 g/mol. The van der Waals surface area contributed by atoms with E-state index in [0.29, 0.717) is 24.1 Å². The van der Waals surface area contributed by atoms with Crippen molar-refractivity contribution < 1.29 is 9.84 Å². The monoisotopic (exact) mass is 242 g/mol. The molecule has 1 saturated heterocycles. The minimum absolute atomic E-state index is 0.0588. The first-order valence-electron chi connectivity index (χ1n) is 5.33. The number of halogens is 1. The third-order valence-electron chi connectivity index (χ3n) is 2.89. The summed E-state index contributed by atoms with van der Waals surface area (Å²) < 4.78 is 5.29. The van der Waals surface area contributed by atoms with E-state index < -0.39 is 0 Å². The van der Waals surface area contributed by atoms with Gasteiger partial charge in [-0.25, -0.2) is 4.98 Å². The highest BCUT2D eigenvalue weighted by molar-refractivity contribution is 6.32. The molecule has 1 aliphatic heterocycles. The van der Waals surface area contributed by atoms with E-state index in [2.05, 4.69) is 10.3 Å². The van der Waals surface area contributed by atoms with Gasteiger partial charge in [-0.1, -0.05) is 11.6 Å². The number of aliphatic hydroxyl groups excluding tert-OH is 1. The summed E-state index contributed by atoms with van der Waals surface area (Å²) in [6.45, 7) is 1.36. The lowest BCUT2D eigenvalue weighted by Crippen LogP contribution is -2.47. The molecule has 2 rings (SSSR count). The smallest absolute Gasteiger partial charge is 0.145 e. The largest absolute Gasteiger partial charge is 0.394 e. The van der Waals surface area contributed by atoms with Crippen molar-refractivity contribution in [3.63, 3.8) is 0 Å². The van der Waals surface area contributed by atoms with Crippen LogP contribution >= 0.6 is 11.6 Å². The Balaban J connectivity index is 2.15. The van der Waals surface area contributed by atoms with Crippen LogP contribution in [0, 0.1) is 0 Å². The van der Waals surface area contributed by atoms with Crippen LogP contribution in [0.1, 0.15) is 12.8 Å². The zero-order valence-corrected chi connectivity index (χ0v) is 9.70. The molecule has 88 valence electrons. The quantitative estimate of drug-likeness (QED) is 0.847. The van der Waals surface area contributed by atoms with Crippen molar-refractivity contribution in [2.75, 3.05) is 25.1 Å². The maximum absolute atomic E-state index is 9.50. The fraction of sp³-hybridized carbons (Fsp3) is 0.545. The number of nitrogens with one attached hydrogen (secondary N) is 1. The van der Waals surface area contributed by atoms with Gasteiger partial charge in [0.2, 0.25) is 0 Å². The molecule has 1 fully saturated rings. The molecule has 0 unspecified atom stereocenters. The molecule has 0 radical (unpaired) electrons. The van der Waals surface area contributed by atoms with E-state index in [1.165, 1.54) is 0 Å². The van der Waals surface area contributed by atoms with Crippen molar-refractivity contribution in [2.24, 2.45) is 0 Å². The molecule has 1 aliphatic rings. The zero-order chi connectivity index (χ0) is 11.4. The van der Waals surface area contributed by atoms with E-state index in [1.54, 1.807) is 18.3 Å². The van der Waals surface area contributed by atoms with Gasteiger partial charge in [-0.3, -0.25) is 0 Å². The molecular formula is C11H15ClN2O2. The van der Waals surface area contributed by atoms with E-state index in [4.69, 9.17) is 16.3 Å². The maximum Gasteiger partial charge on any atom is 0.145 e. The number of hydrogen-bond donors (Lipinski definition) is 2. The zero-order valence-electron chi connectivity index (χ0n) is 8.95. The van der Waals surface area contributed by atoms with Gasteiger partial charge < -0.3 is 15.2 Å². The summed E-state index contributed by atoms with van der Waals surface area (Å²) in [7, 11) is 0. The van der Waals surface area contributed by atoms with Gasteiger partial charge in [-0.15, -0.1) is 0 Å². The lowest BCUT2D eigenvalue weighted by Gasteiger charge is -2.36. The van der Waals surface area contributed by atoms with Gasteiger partial charge in [0.1, 0.15) is 5.82 Å². The van der Waals surface area contributed by atoms with Crippen LogP contribution in [0.15, 0.2) is 18.3 Å². The summed E-state index contributed by atoms with van der Waals surface area (Å²) in [4.78, 5) is 4.17. The molecule has 0 amide bonds. The van der Waals surface area contributed by atoms with Crippen LogP contribution in [0.3, 0.4) is 0 Å². The molecule has 5 heteroatoms. The second kappa shape index (κ2) is 4.99. The van der Waals surface area contributed by atoms with E-state index >= 15 is 0 Å². The highest BCUT2D eigenvalue weighted by Gasteiger charge is 2.32. The van der Waals surface area contributed by atoms with E-state index in [-0.39, 0.29) is 12.1 Å². The molecule has 0 aromatic carbocycles. The molecule has 0 saturated carbocycles. The molecule has 0 bridgehead atoms. The van der Waals surface area contributed by atoms with Gasteiger partial charge in [-0.2, -0.15) is 0 Å². The average Bonchev–Trinajstić information content (AvgIpc) is 2.33. The second-order valence-electron chi connectivity index (χ2n) is 4.01. The number of pyridine rings is 1. The van der Waals surface area contributed by atoms with Gasteiger partial charge in [0.05, 0.1) is 17.2 Å². The Morgan fingerprint density at radius 1 is 1.50 bits per heavy atom. The molecule has 0 atom stereocenters. The first-order valence-corrected chi connectivity index (χ1v) is 5.71. The second-order valence-corrected chi connectivity index (χ2v) is 4.42. The van der Waals surface area contributed by atoms with Crippen LogP contribution in [0.5, 0.6) is 0 Å². The molecule has 1 aromatic heterocycles. The molecule has 16 heavy (non-hydrogen) atoms. The Labute approximate surface area is 99.6 Å². The Kier molecular flexibility index (Phi) is 3.63. The van der Waals surface area contributed by atoms with Gasteiger partial charge in [-0.05, 0) is 25.0 Å². The van der Waals surface area contributed by atoms with Crippen molar-refractivity contribution in [2.45, 2.75) is 18.4 Å². The van der Waals surface area contributed by atoms with Crippen LogP contribution in [0.2, 0.25) is 5.02 Å². The van der Waals surface area contributed by atoms with Crippen LogP contribution in [-0.2, 0) is 4.74 Å². The van der Waals surface area contributed by atoms with E-state index in [9.17, 15) is 5.11 Å². The van der Waals surface area contributed by atoms with Crippen molar-refractivity contribution in [3.05, 3.63) is 23.4 Å². The summed E-state index contributed by atoms with van der Waals surface area (Å²) >= 11 is 6.02. The summed E-state index contributed by atoms with van der Waals surface area (Å²) in [6.07, 6.45) is 3.20. The van der Waals surface area contributed by atoms with Crippen LogP contribution in [-0.4, -0.2) is 35.5 Å². The van der Waals surface area contributed by atoms with Crippen LogP contribution < -0.4 is 5.32 Å². The van der Waals surface area contributed by atoms with Gasteiger partial charge >= 0.3 is 0 Å². The normalized spacial score (nSPS) is 19.4. The Morgan fingerprint density at radius 3 is 2.88 bits per heavy atom. The predicted octanol–water partition coefficient (Wildman–Crippen LogP) is 1.69.